The number of nitrogens with one attached hydrogen (secondary N) is 2. The van der Waals surface area contributed by atoms with Gasteiger partial charge in [0.25, 0.3) is 0 Å². The number of carbonyl (C=O) groups excluding carboxylic acids is 1. The van der Waals surface area contributed by atoms with E-state index in [-0.39, 0.29) is 5.91 Å². The number of amides is 1. The lowest BCUT2D eigenvalue weighted by molar-refractivity contribution is -0.115. The number of anilines is 2. The fraction of sp³-hybridized carbons (Fsp3) is 0.235. The summed E-state index contributed by atoms with van der Waals surface area (Å²) in [6.45, 7) is 4.53. The first-order chi connectivity index (χ1) is 10.5. The summed E-state index contributed by atoms with van der Waals surface area (Å²) in [6.07, 6.45) is 0.390. The number of hydrogen-bond acceptors (Lipinski definition) is 2. The molecule has 0 aromatic heterocycles. The average Bonchev–Trinajstić information content (AvgIpc) is 2.46. The minimum Gasteiger partial charge on any atom is -0.384 e. The Kier molecular flexibility index (Phi) is 5.86. The van der Waals surface area contributed by atoms with Crippen LogP contribution in [0.2, 0.25) is 5.02 Å². The van der Waals surface area contributed by atoms with Gasteiger partial charge < -0.3 is 10.6 Å². The van der Waals surface area contributed by atoms with Crippen molar-refractivity contribution >= 4 is 44.8 Å². The van der Waals surface area contributed by atoms with Crippen molar-refractivity contribution in [2.75, 3.05) is 17.2 Å². The predicted molar refractivity (Wildman–Crippen MR) is 96.8 cm³/mol. The molecule has 2 rings (SSSR count). The summed E-state index contributed by atoms with van der Waals surface area (Å²) in [6, 6.07) is 11.5. The monoisotopic (exact) mass is 380 g/mol. The lowest BCUT2D eigenvalue weighted by atomic mass is 10.2. The van der Waals surface area contributed by atoms with E-state index in [0.717, 1.165) is 27.0 Å². The maximum Gasteiger partial charge on any atom is 0.226 e. The largest absolute Gasteiger partial charge is 0.384 e. The van der Waals surface area contributed by atoms with Crippen molar-refractivity contribution in [2.24, 2.45) is 0 Å². The Morgan fingerprint density at radius 1 is 1.09 bits per heavy atom. The van der Waals surface area contributed by atoms with E-state index in [2.05, 4.69) is 26.6 Å². The van der Waals surface area contributed by atoms with E-state index in [1.54, 1.807) is 0 Å². The zero-order chi connectivity index (χ0) is 16.1. The molecule has 0 aliphatic heterocycles. The van der Waals surface area contributed by atoms with Gasteiger partial charge in [-0.2, -0.15) is 0 Å². The Morgan fingerprint density at radius 3 is 2.59 bits per heavy atom. The lowest BCUT2D eigenvalue weighted by Gasteiger charge is -2.11. The number of hydrogen-bond donors (Lipinski definition) is 2. The van der Waals surface area contributed by atoms with Gasteiger partial charge in [-0.1, -0.05) is 33.6 Å². The summed E-state index contributed by atoms with van der Waals surface area (Å²) >= 11 is 9.38. The summed E-state index contributed by atoms with van der Waals surface area (Å²) < 4.78 is 1.00. The molecule has 0 bridgehead atoms. The van der Waals surface area contributed by atoms with E-state index < -0.39 is 0 Å². The van der Waals surface area contributed by atoms with Gasteiger partial charge in [0, 0.05) is 33.8 Å². The molecule has 0 spiro atoms. The highest BCUT2D eigenvalue weighted by Gasteiger charge is 2.06. The molecule has 0 saturated heterocycles. The lowest BCUT2D eigenvalue weighted by Crippen LogP contribution is -2.17. The Bertz CT molecular complexity index is 688. The molecule has 0 fully saturated rings. The van der Waals surface area contributed by atoms with Crippen molar-refractivity contribution in [1.29, 1.82) is 0 Å². The van der Waals surface area contributed by atoms with Gasteiger partial charge in [0.05, 0.1) is 0 Å². The van der Waals surface area contributed by atoms with Crippen molar-refractivity contribution < 1.29 is 4.79 Å². The molecule has 1 amide bonds. The number of aryl methyl sites for hydroxylation is 2. The number of rotatable bonds is 5. The van der Waals surface area contributed by atoms with Crippen LogP contribution in [0.5, 0.6) is 0 Å². The molecule has 0 aliphatic rings. The predicted octanol–water partition coefficient (Wildman–Crippen LogP) is 5.16. The molecule has 0 unspecified atom stereocenters. The number of carbonyl (C=O) groups is 1. The van der Waals surface area contributed by atoms with Gasteiger partial charge >= 0.3 is 0 Å². The summed E-state index contributed by atoms with van der Waals surface area (Å²) in [7, 11) is 0. The third-order valence-electron chi connectivity index (χ3n) is 3.33. The molecule has 0 aliphatic carbocycles. The Balaban J connectivity index is 1.86. The molecule has 5 heteroatoms. The smallest absolute Gasteiger partial charge is 0.226 e. The molecular weight excluding hydrogens is 364 g/mol. The normalized spacial score (nSPS) is 10.4. The molecule has 116 valence electrons. The van der Waals surface area contributed by atoms with E-state index in [1.165, 1.54) is 0 Å². The van der Waals surface area contributed by atoms with Crippen LogP contribution in [0.15, 0.2) is 40.9 Å². The molecule has 0 saturated carbocycles. The summed E-state index contributed by atoms with van der Waals surface area (Å²) in [5.74, 6) is -0.0161. The van der Waals surface area contributed by atoms with Gasteiger partial charge in [0.2, 0.25) is 5.91 Å². The van der Waals surface area contributed by atoms with E-state index in [9.17, 15) is 4.79 Å². The highest BCUT2D eigenvalue weighted by Crippen LogP contribution is 2.21. The van der Waals surface area contributed by atoms with E-state index in [0.29, 0.717) is 18.0 Å². The molecule has 0 atom stereocenters. The highest BCUT2D eigenvalue weighted by atomic mass is 79.9. The maximum absolute atomic E-state index is 12.0. The van der Waals surface area contributed by atoms with Crippen LogP contribution >= 0.6 is 27.5 Å². The molecule has 2 aromatic carbocycles. The van der Waals surface area contributed by atoms with Gasteiger partial charge in [-0.3, -0.25) is 4.79 Å². The minimum atomic E-state index is -0.0161. The summed E-state index contributed by atoms with van der Waals surface area (Å²) in [4.78, 5) is 12.0. The molecule has 2 aromatic rings. The van der Waals surface area contributed by atoms with Crippen LogP contribution in [0.1, 0.15) is 17.5 Å². The van der Waals surface area contributed by atoms with E-state index in [1.807, 2.05) is 50.2 Å². The number of halogens is 2. The van der Waals surface area contributed by atoms with Crippen molar-refractivity contribution in [3.63, 3.8) is 0 Å². The van der Waals surface area contributed by atoms with Crippen LogP contribution in [-0.2, 0) is 4.79 Å². The molecule has 0 heterocycles. The van der Waals surface area contributed by atoms with Gasteiger partial charge in [0.15, 0.2) is 0 Å². The second kappa shape index (κ2) is 7.65. The minimum absolute atomic E-state index is 0.0161. The molecule has 22 heavy (non-hydrogen) atoms. The van der Waals surface area contributed by atoms with Crippen LogP contribution < -0.4 is 10.6 Å². The standard InChI is InChI=1S/C17H18BrClN2O/c1-11-3-5-14(19)10-16(11)20-8-7-17(22)21-15-6-4-13(18)9-12(15)2/h3-6,9-10,20H,7-8H2,1-2H3,(H,21,22). The second-order valence-electron chi connectivity index (χ2n) is 5.14. The molecular formula is C17H18BrClN2O. The molecule has 2 N–H and O–H groups in total. The topological polar surface area (TPSA) is 41.1 Å². The molecule has 3 nitrogen and oxygen atoms in total. The zero-order valence-corrected chi connectivity index (χ0v) is 14.9. The molecule has 0 radical (unpaired) electrons. The SMILES string of the molecule is Cc1ccc(Cl)cc1NCCC(=O)Nc1ccc(Br)cc1C. The van der Waals surface area contributed by atoms with Crippen LogP contribution in [-0.4, -0.2) is 12.5 Å². The van der Waals surface area contributed by atoms with Crippen LogP contribution in [0, 0.1) is 13.8 Å². The van der Waals surface area contributed by atoms with Crippen molar-refractivity contribution in [1.82, 2.24) is 0 Å². The highest BCUT2D eigenvalue weighted by molar-refractivity contribution is 9.10. The summed E-state index contributed by atoms with van der Waals surface area (Å²) in [5, 5.41) is 6.85. The second-order valence-corrected chi connectivity index (χ2v) is 6.50. The van der Waals surface area contributed by atoms with Crippen LogP contribution in [0.4, 0.5) is 11.4 Å². The van der Waals surface area contributed by atoms with Crippen molar-refractivity contribution in [3.8, 4) is 0 Å². The number of benzene rings is 2. The quantitative estimate of drug-likeness (QED) is 0.751. The van der Waals surface area contributed by atoms with Gasteiger partial charge in [-0.25, -0.2) is 0 Å². The summed E-state index contributed by atoms with van der Waals surface area (Å²) in [5.41, 5.74) is 3.93. The first kappa shape index (κ1) is 16.8. The van der Waals surface area contributed by atoms with Crippen molar-refractivity contribution in [2.45, 2.75) is 20.3 Å². The fourth-order valence-electron chi connectivity index (χ4n) is 2.08. The van der Waals surface area contributed by atoms with Crippen LogP contribution in [0.3, 0.4) is 0 Å². The zero-order valence-electron chi connectivity index (χ0n) is 12.5. The third-order valence-corrected chi connectivity index (χ3v) is 4.06. The Labute approximate surface area is 144 Å². The first-order valence-corrected chi connectivity index (χ1v) is 8.19. The van der Waals surface area contributed by atoms with Gasteiger partial charge in [-0.15, -0.1) is 0 Å². The van der Waals surface area contributed by atoms with E-state index in [4.69, 9.17) is 11.6 Å². The maximum atomic E-state index is 12.0. The van der Waals surface area contributed by atoms with Gasteiger partial charge in [0.1, 0.15) is 0 Å². The van der Waals surface area contributed by atoms with Gasteiger partial charge in [-0.05, 0) is 55.3 Å². The fourth-order valence-corrected chi connectivity index (χ4v) is 2.72. The van der Waals surface area contributed by atoms with E-state index >= 15 is 0 Å². The first-order valence-electron chi connectivity index (χ1n) is 7.02. The average molecular weight is 382 g/mol. The van der Waals surface area contributed by atoms with Crippen molar-refractivity contribution in [3.05, 3.63) is 57.0 Å². The third kappa shape index (κ3) is 4.75. The Morgan fingerprint density at radius 2 is 1.86 bits per heavy atom. The van der Waals surface area contributed by atoms with Crippen LogP contribution in [0.25, 0.3) is 0 Å². The Hall–Kier alpha value is -1.52.